The fourth-order valence-electron chi connectivity index (χ4n) is 6.13. The van der Waals surface area contributed by atoms with E-state index in [1.54, 1.807) is 78.9 Å². The average Bonchev–Trinajstić information content (AvgIpc) is 3.62. The van der Waals surface area contributed by atoms with Gasteiger partial charge in [-0.15, -0.1) is 0 Å². The van der Waals surface area contributed by atoms with Crippen LogP contribution in [-0.4, -0.2) is 0 Å². The zero-order valence-corrected chi connectivity index (χ0v) is 22.4. The molecule has 0 spiro atoms. The van der Waals surface area contributed by atoms with Gasteiger partial charge in [-0.1, -0.05) is 139 Å². The molecule has 0 unspecified atom stereocenters. The molecule has 200 valence electrons. The number of furan rings is 1. The highest BCUT2D eigenvalue weighted by molar-refractivity contribution is 6.24. The summed E-state index contributed by atoms with van der Waals surface area (Å²) in [5, 5.41) is 2.22. The zero-order chi connectivity index (χ0) is 39.6. The van der Waals surface area contributed by atoms with Crippen molar-refractivity contribution in [2.75, 3.05) is 0 Å². The molecule has 0 aliphatic rings. The lowest BCUT2D eigenvalue weighted by Crippen LogP contribution is -1.90. The smallest absolute Gasteiger partial charge is 0.136 e. The third-order valence-corrected chi connectivity index (χ3v) is 7.88. The van der Waals surface area contributed by atoms with E-state index in [-0.39, 0.29) is 86.1 Å². The van der Waals surface area contributed by atoms with Gasteiger partial charge in [-0.05, 0) is 78.3 Å². The molecular weight excluding hydrogens is 520 g/mol. The number of rotatable bonds is 3. The number of benzene rings is 8. The van der Waals surface area contributed by atoms with Crippen LogP contribution in [-0.2, 0) is 0 Å². The van der Waals surface area contributed by atoms with Crippen LogP contribution in [0.5, 0.6) is 0 Å². The molecule has 1 heteroatoms. The Kier molecular flexibility index (Phi) is 3.18. The van der Waals surface area contributed by atoms with E-state index in [0.717, 1.165) is 0 Å². The third-order valence-electron chi connectivity index (χ3n) is 7.88. The van der Waals surface area contributed by atoms with Gasteiger partial charge in [0.05, 0.1) is 17.8 Å². The van der Waals surface area contributed by atoms with Crippen LogP contribution in [0.1, 0.15) is 17.8 Å². The Balaban J connectivity index is 1.52. The highest BCUT2D eigenvalue weighted by Gasteiger charge is 2.20. The van der Waals surface area contributed by atoms with Gasteiger partial charge in [0.2, 0.25) is 0 Å². The molecule has 0 saturated carbocycles. The highest BCUT2D eigenvalue weighted by atomic mass is 16.3. The Hall–Kier alpha value is -5.66. The molecule has 1 heterocycles. The summed E-state index contributed by atoms with van der Waals surface area (Å²) >= 11 is 0. The van der Waals surface area contributed by atoms with Crippen LogP contribution < -0.4 is 0 Å². The van der Waals surface area contributed by atoms with Crippen LogP contribution >= 0.6 is 0 Å². The van der Waals surface area contributed by atoms with E-state index in [4.69, 9.17) is 16.8 Å². The second-order valence-corrected chi connectivity index (χ2v) is 10.2. The standard InChI is InChI=1S/C42H26O/c1-3-13-27(14-4-1)39-32-19-9-11-21-34(32)40(35-22-12-10-20-33(35)39)30-23-24-37-36(25-30)42-38(43-37)26-29-17-7-8-18-31(29)41(42)28-15-5-2-6-16-28/h1-26H/i1D,3D,4D,7D,8D,13D,14D,17D,18D,23D,24D,25D,26D. The third kappa shape index (κ3) is 3.65. The van der Waals surface area contributed by atoms with E-state index in [1.807, 2.05) is 0 Å². The zero-order valence-electron chi connectivity index (χ0n) is 35.4. The largest absolute Gasteiger partial charge is 0.456 e. The van der Waals surface area contributed by atoms with Crippen LogP contribution in [0.15, 0.2) is 162 Å². The molecule has 0 radical (unpaired) electrons. The summed E-state index contributed by atoms with van der Waals surface area (Å²) in [6.07, 6.45) is 0. The summed E-state index contributed by atoms with van der Waals surface area (Å²) in [7, 11) is 0. The first-order valence-electron chi connectivity index (χ1n) is 20.2. The molecule has 0 bridgehead atoms. The fourth-order valence-corrected chi connectivity index (χ4v) is 6.13. The first-order chi connectivity index (χ1) is 26.8. The van der Waals surface area contributed by atoms with E-state index in [2.05, 4.69) is 0 Å². The number of hydrogen-bond acceptors (Lipinski definition) is 1. The molecule has 0 amide bonds. The van der Waals surface area contributed by atoms with Crippen molar-refractivity contribution >= 4 is 54.3 Å². The molecule has 1 aromatic heterocycles. The minimum absolute atomic E-state index is 0.00322. The minimum Gasteiger partial charge on any atom is -0.456 e. The Morgan fingerprint density at radius 1 is 0.395 bits per heavy atom. The molecule has 0 N–H and O–H groups in total. The molecule has 0 atom stereocenters. The van der Waals surface area contributed by atoms with E-state index in [1.165, 1.54) is 0 Å². The SMILES string of the molecule is [2H]c1c([2H])c([2H])c(-c2c3ccccc3c(-c3c([2H])c([2H])c4oc5c([2H])c6c([2H])c([2H])c([2H])c([2H])c6c(-c6ccccc6)c5c4c3[2H])c3ccccc23)c([2H])c1[2H]. The van der Waals surface area contributed by atoms with Gasteiger partial charge in [-0.25, -0.2) is 0 Å². The van der Waals surface area contributed by atoms with E-state index in [9.17, 15) is 5.48 Å². The molecule has 1 nitrogen and oxygen atoms in total. The van der Waals surface area contributed by atoms with Gasteiger partial charge >= 0.3 is 0 Å². The van der Waals surface area contributed by atoms with Crippen LogP contribution in [0.25, 0.3) is 87.6 Å². The van der Waals surface area contributed by atoms with Crippen molar-refractivity contribution in [2.45, 2.75) is 0 Å². The maximum absolute atomic E-state index is 9.93. The van der Waals surface area contributed by atoms with Gasteiger partial charge in [0, 0.05) is 16.3 Å². The molecule has 0 fully saturated rings. The van der Waals surface area contributed by atoms with Gasteiger partial charge in [0.1, 0.15) is 11.2 Å². The molecule has 0 saturated heterocycles. The topological polar surface area (TPSA) is 13.1 Å². The second-order valence-electron chi connectivity index (χ2n) is 10.2. The minimum atomic E-state index is -0.524. The van der Waals surface area contributed by atoms with E-state index in [0.29, 0.717) is 43.8 Å². The number of hydrogen-bond donors (Lipinski definition) is 0. The van der Waals surface area contributed by atoms with E-state index < -0.39 is 36.3 Å². The predicted octanol–water partition coefficient (Wildman–Crippen LogP) is 12.0. The number of fused-ring (bicyclic) bond motifs is 6. The van der Waals surface area contributed by atoms with E-state index >= 15 is 0 Å². The Labute approximate surface area is 267 Å². The Bertz CT molecular complexity index is 3140. The molecule has 9 aromatic rings. The molecule has 0 aliphatic heterocycles. The normalized spacial score (nSPS) is 16.0. The van der Waals surface area contributed by atoms with Crippen molar-refractivity contribution in [3.8, 4) is 33.4 Å². The molecular formula is C42H26O. The summed E-state index contributed by atoms with van der Waals surface area (Å²) in [6, 6.07) is 17.5. The van der Waals surface area contributed by atoms with Crippen molar-refractivity contribution in [3.63, 3.8) is 0 Å². The van der Waals surface area contributed by atoms with Crippen molar-refractivity contribution in [1.82, 2.24) is 0 Å². The van der Waals surface area contributed by atoms with Gasteiger partial charge in [0.25, 0.3) is 0 Å². The molecule has 0 aliphatic carbocycles. The maximum Gasteiger partial charge on any atom is 0.136 e. The van der Waals surface area contributed by atoms with Gasteiger partial charge in [0.15, 0.2) is 0 Å². The van der Waals surface area contributed by atoms with Crippen molar-refractivity contribution in [1.29, 1.82) is 0 Å². The Morgan fingerprint density at radius 3 is 1.70 bits per heavy atom. The van der Waals surface area contributed by atoms with Gasteiger partial charge in [-0.3, -0.25) is 0 Å². The second kappa shape index (κ2) is 9.44. The maximum atomic E-state index is 9.93. The van der Waals surface area contributed by atoms with Crippen molar-refractivity contribution < 1.29 is 22.2 Å². The average molecular weight is 560 g/mol. The Morgan fingerprint density at radius 2 is 1.00 bits per heavy atom. The highest BCUT2D eigenvalue weighted by Crippen LogP contribution is 2.46. The fraction of sp³-hybridized carbons (Fsp3) is 0. The quantitative estimate of drug-likeness (QED) is 0.196. The summed E-state index contributed by atoms with van der Waals surface area (Å²) in [5.41, 5.74) is 1.38. The summed E-state index contributed by atoms with van der Waals surface area (Å²) < 4.78 is 122. The van der Waals surface area contributed by atoms with Gasteiger partial charge < -0.3 is 4.42 Å². The van der Waals surface area contributed by atoms with Crippen molar-refractivity contribution in [3.05, 3.63) is 157 Å². The van der Waals surface area contributed by atoms with Crippen molar-refractivity contribution in [2.24, 2.45) is 0 Å². The lowest BCUT2D eigenvalue weighted by molar-refractivity contribution is 0.669. The summed E-state index contributed by atoms with van der Waals surface area (Å²) in [4.78, 5) is 0. The summed E-state index contributed by atoms with van der Waals surface area (Å²) in [6.45, 7) is 0. The monoisotopic (exact) mass is 559 g/mol. The molecule has 43 heavy (non-hydrogen) atoms. The lowest BCUT2D eigenvalue weighted by Gasteiger charge is -2.17. The first-order valence-corrected chi connectivity index (χ1v) is 13.7. The van der Waals surface area contributed by atoms with Crippen LogP contribution in [0.3, 0.4) is 0 Å². The van der Waals surface area contributed by atoms with Crippen LogP contribution in [0.2, 0.25) is 0 Å². The molecule has 8 aromatic carbocycles. The lowest BCUT2D eigenvalue weighted by atomic mass is 9.85. The summed E-state index contributed by atoms with van der Waals surface area (Å²) in [5.74, 6) is 0. The van der Waals surface area contributed by atoms with Crippen LogP contribution in [0.4, 0.5) is 0 Å². The van der Waals surface area contributed by atoms with Crippen LogP contribution in [0, 0.1) is 0 Å². The molecule has 9 rings (SSSR count). The first kappa shape index (κ1) is 14.5. The van der Waals surface area contributed by atoms with Gasteiger partial charge in [-0.2, -0.15) is 0 Å². The predicted molar refractivity (Wildman–Crippen MR) is 183 cm³/mol.